The van der Waals surface area contributed by atoms with Crippen molar-refractivity contribution in [3.63, 3.8) is 0 Å². The first-order chi connectivity index (χ1) is 33.2. The standard InChI is InChI=1S/C64H42N2O/c1-2-16-54-46(12-1)13-10-20-55(54)47-34-40-52(41-35-47)65(50-36-30-44(31-37-50)43-26-28-48(29-27-43)56-21-11-25-63-64(56)59-19-5-8-24-62(59)67-63)51-38-32-45(33-39-51)49-14-9-15-53(42-49)66-60-22-6-3-17-57(60)58-18-4-7-23-61(58)66/h1-42H. The summed E-state index contributed by atoms with van der Waals surface area (Å²) in [6.07, 6.45) is 0. The number of furan rings is 1. The molecule has 0 aliphatic carbocycles. The van der Waals surface area contributed by atoms with Gasteiger partial charge in [0, 0.05) is 44.3 Å². The monoisotopic (exact) mass is 854 g/mol. The van der Waals surface area contributed by atoms with Crippen LogP contribution in [0.4, 0.5) is 17.1 Å². The molecule has 0 unspecified atom stereocenters. The highest BCUT2D eigenvalue weighted by Gasteiger charge is 2.17. The van der Waals surface area contributed by atoms with E-state index in [1.54, 1.807) is 0 Å². The van der Waals surface area contributed by atoms with E-state index in [-0.39, 0.29) is 0 Å². The van der Waals surface area contributed by atoms with E-state index in [2.05, 4.69) is 252 Å². The predicted molar refractivity (Wildman–Crippen MR) is 282 cm³/mol. The number of fused-ring (bicyclic) bond motifs is 7. The molecule has 0 atom stereocenters. The maximum absolute atomic E-state index is 6.21. The molecule has 13 aromatic rings. The van der Waals surface area contributed by atoms with Gasteiger partial charge in [0.25, 0.3) is 0 Å². The number of aromatic nitrogens is 1. The van der Waals surface area contributed by atoms with Crippen molar-refractivity contribution in [1.82, 2.24) is 4.57 Å². The van der Waals surface area contributed by atoms with Crippen LogP contribution in [0.25, 0.3) is 105 Å². The first kappa shape index (κ1) is 38.5. The smallest absolute Gasteiger partial charge is 0.136 e. The number of rotatable bonds is 8. The van der Waals surface area contributed by atoms with Gasteiger partial charge in [-0.25, -0.2) is 0 Å². The summed E-state index contributed by atoms with van der Waals surface area (Å²) in [4.78, 5) is 2.36. The lowest BCUT2D eigenvalue weighted by molar-refractivity contribution is 0.669. The van der Waals surface area contributed by atoms with Crippen LogP contribution in [0.1, 0.15) is 0 Å². The van der Waals surface area contributed by atoms with Gasteiger partial charge in [-0.3, -0.25) is 0 Å². The Morgan fingerprint density at radius 1 is 0.299 bits per heavy atom. The molecule has 13 rings (SSSR count). The zero-order valence-corrected chi connectivity index (χ0v) is 36.6. The van der Waals surface area contributed by atoms with E-state index in [1.165, 1.54) is 54.8 Å². The molecule has 2 aromatic heterocycles. The molecule has 0 N–H and O–H groups in total. The van der Waals surface area contributed by atoms with Crippen LogP contribution in [0.5, 0.6) is 0 Å². The van der Waals surface area contributed by atoms with Crippen molar-refractivity contribution in [2.24, 2.45) is 0 Å². The second-order valence-electron chi connectivity index (χ2n) is 17.3. The van der Waals surface area contributed by atoms with Crippen molar-refractivity contribution in [2.75, 3.05) is 4.90 Å². The Kier molecular flexibility index (Phi) is 9.17. The fourth-order valence-corrected chi connectivity index (χ4v) is 10.2. The Balaban J connectivity index is 0.851. The number of para-hydroxylation sites is 3. The summed E-state index contributed by atoms with van der Waals surface area (Å²) < 4.78 is 8.59. The highest BCUT2D eigenvalue weighted by atomic mass is 16.3. The summed E-state index contributed by atoms with van der Waals surface area (Å²) >= 11 is 0. The number of benzene rings is 11. The first-order valence-corrected chi connectivity index (χ1v) is 22.9. The minimum Gasteiger partial charge on any atom is -0.456 e. The lowest BCUT2D eigenvalue weighted by Gasteiger charge is -2.26. The zero-order valence-electron chi connectivity index (χ0n) is 36.6. The maximum atomic E-state index is 6.21. The fraction of sp³-hybridized carbons (Fsp3) is 0. The van der Waals surface area contributed by atoms with Crippen molar-refractivity contribution < 1.29 is 4.42 Å². The van der Waals surface area contributed by atoms with E-state index in [0.29, 0.717) is 0 Å². The van der Waals surface area contributed by atoms with Crippen LogP contribution >= 0.6 is 0 Å². The fourth-order valence-electron chi connectivity index (χ4n) is 10.2. The van der Waals surface area contributed by atoms with Crippen molar-refractivity contribution in [3.8, 4) is 50.2 Å². The quantitative estimate of drug-likeness (QED) is 0.152. The van der Waals surface area contributed by atoms with E-state index < -0.39 is 0 Å². The predicted octanol–water partition coefficient (Wildman–Crippen LogP) is 18.0. The summed E-state index contributed by atoms with van der Waals surface area (Å²) in [5.74, 6) is 0. The van der Waals surface area contributed by atoms with Crippen LogP contribution in [0.2, 0.25) is 0 Å². The van der Waals surface area contributed by atoms with Gasteiger partial charge in [-0.15, -0.1) is 0 Å². The highest BCUT2D eigenvalue weighted by Crippen LogP contribution is 2.41. The summed E-state index contributed by atoms with van der Waals surface area (Å²) in [5.41, 5.74) is 18.0. The van der Waals surface area contributed by atoms with Crippen LogP contribution in [0, 0.1) is 0 Å². The third-order valence-electron chi connectivity index (χ3n) is 13.4. The van der Waals surface area contributed by atoms with Crippen LogP contribution in [0.3, 0.4) is 0 Å². The van der Waals surface area contributed by atoms with Gasteiger partial charge in [0.1, 0.15) is 11.2 Å². The van der Waals surface area contributed by atoms with Crippen molar-refractivity contribution in [1.29, 1.82) is 0 Å². The van der Waals surface area contributed by atoms with E-state index in [9.17, 15) is 0 Å². The molecule has 2 heterocycles. The molecule has 3 heteroatoms. The second kappa shape index (κ2) is 16.0. The molecule has 11 aromatic carbocycles. The van der Waals surface area contributed by atoms with Gasteiger partial charge in [-0.1, -0.05) is 182 Å². The Morgan fingerprint density at radius 3 is 1.42 bits per heavy atom. The molecule has 0 radical (unpaired) electrons. The molecule has 314 valence electrons. The van der Waals surface area contributed by atoms with Crippen LogP contribution in [0.15, 0.2) is 259 Å². The van der Waals surface area contributed by atoms with Gasteiger partial charge in [0.05, 0.1) is 11.0 Å². The average Bonchev–Trinajstić information content (AvgIpc) is 3.96. The van der Waals surface area contributed by atoms with Gasteiger partial charge in [-0.05, 0) is 128 Å². The molecule has 0 fully saturated rings. The average molecular weight is 855 g/mol. The largest absolute Gasteiger partial charge is 0.456 e. The van der Waals surface area contributed by atoms with Crippen molar-refractivity contribution >= 4 is 71.6 Å². The molecular weight excluding hydrogens is 813 g/mol. The summed E-state index contributed by atoms with van der Waals surface area (Å²) in [5, 5.41) is 7.31. The molecule has 0 spiro atoms. The molecular formula is C64H42N2O. The summed E-state index contributed by atoms with van der Waals surface area (Å²) in [6, 6.07) is 91.9. The molecule has 0 aliphatic rings. The molecule has 3 nitrogen and oxygen atoms in total. The maximum Gasteiger partial charge on any atom is 0.136 e. The van der Waals surface area contributed by atoms with Gasteiger partial charge in [0.15, 0.2) is 0 Å². The highest BCUT2D eigenvalue weighted by molar-refractivity contribution is 6.12. The lowest BCUT2D eigenvalue weighted by Crippen LogP contribution is -2.09. The molecule has 0 amide bonds. The molecule has 67 heavy (non-hydrogen) atoms. The minimum atomic E-state index is 0.908. The summed E-state index contributed by atoms with van der Waals surface area (Å²) in [7, 11) is 0. The van der Waals surface area contributed by atoms with Crippen LogP contribution < -0.4 is 4.90 Å². The zero-order chi connectivity index (χ0) is 44.3. The Morgan fingerprint density at radius 2 is 0.746 bits per heavy atom. The number of hydrogen-bond acceptors (Lipinski definition) is 2. The van der Waals surface area contributed by atoms with Crippen LogP contribution in [-0.4, -0.2) is 4.57 Å². The third kappa shape index (κ3) is 6.67. The van der Waals surface area contributed by atoms with Gasteiger partial charge < -0.3 is 13.9 Å². The topological polar surface area (TPSA) is 21.3 Å². The number of hydrogen-bond donors (Lipinski definition) is 0. The lowest BCUT2D eigenvalue weighted by atomic mass is 9.96. The normalized spacial score (nSPS) is 11.6. The second-order valence-corrected chi connectivity index (χ2v) is 17.3. The minimum absolute atomic E-state index is 0.908. The SMILES string of the molecule is c1cc(-c2ccc(N(c3ccc(-c4ccc(-c5cccc6oc7ccccc7c56)cc4)cc3)c3ccc(-c4cccc5ccccc45)cc3)cc2)cc(-n2c3ccccc3c3ccccc32)c1. The Hall–Kier alpha value is -8.92. The molecule has 0 bridgehead atoms. The number of anilines is 3. The van der Waals surface area contributed by atoms with Crippen molar-refractivity contribution in [3.05, 3.63) is 255 Å². The van der Waals surface area contributed by atoms with E-state index in [1.807, 2.05) is 12.1 Å². The molecule has 0 saturated heterocycles. The molecule has 0 saturated carbocycles. The van der Waals surface area contributed by atoms with Crippen molar-refractivity contribution in [2.45, 2.75) is 0 Å². The number of nitrogens with zero attached hydrogens (tertiary/aromatic N) is 2. The van der Waals surface area contributed by atoms with Gasteiger partial charge >= 0.3 is 0 Å². The van der Waals surface area contributed by atoms with Gasteiger partial charge in [-0.2, -0.15) is 0 Å². The summed E-state index contributed by atoms with van der Waals surface area (Å²) in [6.45, 7) is 0. The molecule has 0 aliphatic heterocycles. The van der Waals surface area contributed by atoms with E-state index in [0.717, 1.165) is 66.9 Å². The van der Waals surface area contributed by atoms with Crippen LogP contribution in [-0.2, 0) is 0 Å². The first-order valence-electron chi connectivity index (χ1n) is 22.9. The van der Waals surface area contributed by atoms with E-state index in [4.69, 9.17) is 4.42 Å². The van der Waals surface area contributed by atoms with Gasteiger partial charge in [0.2, 0.25) is 0 Å². The Labute approximate surface area is 388 Å². The Bertz CT molecular complexity index is 3890. The third-order valence-corrected chi connectivity index (χ3v) is 13.4. The van der Waals surface area contributed by atoms with E-state index >= 15 is 0 Å².